The molecule has 0 fully saturated rings. The van der Waals surface area contributed by atoms with Crippen LogP contribution in [0.15, 0.2) is 4.99 Å². The fourth-order valence-electron chi connectivity index (χ4n) is 0.704. The van der Waals surface area contributed by atoms with Crippen molar-refractivity contribution >= 4 is 6.21 Å². The van der Waals surface area contributed by atoms with Gasteiger partial charge in [-0.15, -0.1) is 0 Å². The highest BCUT2D eigenvalue weighted by Gasteiger charge is 1.95. The maximum Gasteiger partial charge on any atom is 0.0994 e. The lowest BCUT2D eigenvalue weighted by Gasteiger charge is -2.00. The molecule has 2 nitrogen and oxygen atoms in total. The minimum Gasteiger partial charge on any atom is -0.318 e. The Kier molecular flexibility index (Phi) is 2.29. The lowest BCUT2D eigenvalue weighted by Crippen LogP contribution is -2.17. The summed E-state index contributed by atoms with van der Waals surface area (Å²) in [7, 11) is 0. The Morgan fingerprint density at radius 1 is 1.67 bits per heavy atom. The van der Waals surface area contributed by atoms with E-state index in [1.54, 1.807) is 0 Å². The van der Waals surface area contributed by atoms with Crippen molar-refractivity contribution in [2.75, 3.05) is 6.54 Å². The predicted octanol–water partition coefficient (Wildman–Crippen LogP) is 0.182. The second-order valence-corrected chi connectivity index (χ2v) is 2.03. The van der Waals surface area contributed by atoms with Gasteiger partial charge in [0.05, 0.1) is 12.6 Å². The third-order valence-electron chi connectivity index (χ3n) is 1.19. The first kappa shape index (κ1) is 6.31. The van der Waals surface area contributed by atoms with E-state index in [0.717, 1.165) is 12.8 Å². The molecule has 0 amide bonds. The van der Waals surface area contributed by atoms with Gasteiger partial charge in [0.2, 0.25) is 0 Å². The molecule has 1 rings (SSSR count). The summed E-state index contributed by atoms with van der Waals surface area (Å²) in [5, 5.41) is 0. The zero-order chi connectivity index (χ0) is 6.53. The van der Waals surface area contributed by atoms with Crippen molar-refractivity contribution in [3.63, 3.8) is 0 Å². The molecular formula is C7H10N2. The van der Waals surface area contributed by atoms with Crippen molar-refractivity contribution in [2.45, 2.75) is 18.9 Å². The highest BCUT2D eigenvalue weighted by molar-refractivity contribution is 5.57. The molecule has 48 valence electrons. The molecule has 1 aliphatic heterocycles. The van der Waals surface area contributed by atoms with Gasteiger partial charge >= 0.3 is 0 Å². The van der Waals surface area contributed by atoms with Crippen LogP contribution in [0.3, 0.4) is 0 Å². The monoisotopic (exact) mass is 122 g/mol. The molecule has 0 aromatic heterocycles. The van der Waals surface area contributed by atoms with Gasteiger partial charge in [0.15, 0.2) is 0 Å². The van der Waals surface area contributed by atoms with Crippen molar-refractivity contribution in [1.82, 2.24) is 0 Å². The third kappa shape index (κ3) is 2.29. The van der Waals surface area contributed by atoms with E-state index in [-0.39, 0.29) is 6.04 Å². The second-order valence-electron chi connectivity index (χ2n) is 2.03. The number of nitrogens with two attached hydrogens (primary N) is 1. The molecule has 0 saturated carbocycles. The van der Waals surface area contributed by atoms with Crippen LogP contribution in [0.5, 0.6) is 0 Å². The normalized spacial score (nSPS) is 25.7. The molecule has 0 saturated heterocycles. The largest absolute Gasteiger partial charge is 0.318 e. The maximum absolute atomic E-state index is 5.57. The van der Waals surface area contributed by atoms with Crippen LogP contribution >= 0.6 is 0 Å². The summed E-state index contributed by atoms with van der Waals surface area (Å²) in [5.41, 5.74) is 5.57. The van der Waals surface area contributed by atoms with E-state index < -0.39 is 0 Å². The van der Waals surface area contributed by atoms with Gasteiger partial charge in [-0.2, -0.15) is 0 Å². The summed E-state index contributed by atoms with van der Waals surface area (Å²) in [6.45, 7) is 0.619. The average molecular weight is 122 g/mol. The van der Waals surface area contributed by atoms with E-state index >= 15 is 0 Å². The molecule has 1 atom stereocenters. The zero-order valence-corrected chi connectivity index (χ0v) is 5.30. The van der Waals surface area contributed by atoms with Crippen LogP contribution in [0.4, 0.5) is 0 Å². The van der Waals surface area contributed by atoms with Gasteiger partial charge < -0.3 is 5.73 Å². The minimum absolute atomic E-state index is 0.0664. The molecule has 0 spiro atoms. The van der Waals surface area contributed by atoms with Crippen LogP contribution in [-0.4, -0.2) is 18.8 Å². The smallest absolute Gasteiger partial charge is 0.0994 e. The van der Waals surface area contributed by atoms with Crippen LogP contribution < -0.4 is 5.73 Å². The van der Waals surface area contributed by atoms with Gasteiger partial charge in [0, 0.05) is 0 Å². The topological polar surface area (TPSA) is 38.4 Å². The number of nitrogens with zero attached hydrogens (tertiary/aromatic N) is 1. The van der Waals surface area contributed by atoms with Crippen molar-refractivity contribution < 1.29 is 0 Å². The van der Waals surface area contributed by atoms with Gasteiger partial charge in [-0.1, -0.05) is 11.8 Å². The highest BCUT2D eigenvalue weighted by Crippen LogP contribution is 1.92. The second kappa shape index (κ2) is 3.26. The first-order chi connectivity index (χ1) is 4.39. The summed E-state index contributed by atoms with van der Waals surface area (Å²) >= 11 is 0. The van der Waals surface area contributed by atoms with Crippen LogP contribution in [0.25, 0.3) is 0 Å². The Morgan fingerprint density at radius 2 is 2.56 bits per heavy atom. The molecule has 2 heteroatoms. The van der Waals surface area contributed by atoms with E-state index in [1.807, 2.05) is 6.21 Å². The van der Waals surface area contributed by atoms with Crippen molar-refractivity contribution in [1.29, 1.82) is 0 Å². The molecule has 1 unspecified atom stereocenters. The average Bonchev–Trinajstić information content (AvgIpc) is 1.79. The van der Waals surface area contributed by atoms with Gasteiger partial charge in [0.1, 0.15) is 0 Å². The maximum atomic E-state index is 5.57. The Bertz CT molecular complexity index is 161. The van der Waals surface area contributed by atoms with Gasteiger partial charge in [0.25, 0.3) is 0 Å². The molecule has 1 heterocycles. The number of hydrogen-bond acceptors (Lipinski definition) is 2. The Hall–Kier alpha value is -0.810. The first-order valence-electron chi connectivity index (χ1n) is 3.12. The van der Waals surface area contributed by atoms with E-state index in [2.05, 4.69) is 16.8 Å². The van der Waals surface area contributed by atoms with E-state index in [1.165, 1.54) is 0 Å². The number of hydrogen-bond donors (Lipinski definition) is 1. The van der Waals surface area contributed by atoms with Crippen LogP contribution in [0.1, 0.15) is 12.8 Å². The summed E-state index contributed by atoms with van der Waals surface area (Å²) < 4.78 is 0. The Balaban J connectivity index is 2.48. The SMILES string of the molecule is NC1C#CCN=CCC1. The third-order valence-corrected chi connectivity index (χ3v) is 1.19. The van der Waals surface area contributed by atoms with Crippen molar-refractivity contribution in [3.05, 3.63) is 0 Å². The fourth-order valence-corrected chi connectivity index (χ4v) is 0.704. The van der Waals surface area contributed by atoms with Crippen LogP contribution in [-0.2, 0) is 0 Å². The van der Waals surface area contributed by atoms with Gasteiger partial charge in [-0.05, 0) is 19.1 Å². The number of aliphatic imine (C=N–C) groups is 1. The lowest BCUT2D eigenvalue weighted by atomic mass is 10.2. The van der Waals surface area contributed by atoms with Gasteiger partial charge in [-0.25, -0.2) is 0 Å². The quantitative estimate of drug-likeness (QED) is 0.457. The van der Waals surface area contributed by atoms with E-state index in [0.29, 0.717) is 6.54 Å². The highest BCUT2D eigenvalue weighted by atomic mass is 14.7. The minimum atomic E-state index is 0.0664. The molecule has 0 radical (unpaired) electrons. The molecule has 1 aliphatic rings. The Labute approximate surface area is 55.2 Å². The first-order valence-corrected chi connectivity index (χ1v) is 3.12. The zero-order valence-electron chi connectivity index (χ0n) is 5.30. The lowest BCUT2D eigenvalue weighted by molar-refractivity contribution is 0.769. The molecular weight excluding hydrogens is 112 g/mol. The standard InChI is InChI=1S/C7H10N2/c8-7-3-1-5-9-6-2-4-7/h5,7H,1,3,6,8H2. The van der Waals surface area contributed by atoms with Crippen molar-refractivity contribution in [3.8, 4) is 11.8 Å². The summed E-state index contributed by atoms with van der Waals surface area (Å²) in [6.07, 6.45) is 3.81. The molecule has 0 aromatic carbocycles. The van der Waals surface area contributed by atoms with Crippen LogP contribution in [0.2, 0.25) is 0 Å². The van der Waals surface area contributed by atoms with Crippen LogP contribution in [0, 0.1) is 11.8 Å². The van der Waals surface area contributed by atoms with Gasteiger partial charge in [-0.3, -0.25) is 4.99 Å². The molecule has 9 heavy (non-hydrogen) atoms. The molecule has 0 bridgehead atoms. The molecule has 0 aliphatic carbocycles. The van der Waals surface area contributed by atoms with E-state index in [4.69, 9.17) is 5.73 Å². The number of rotatable bonds is 0. The van der Waals surface area contributed by atoms with Crippen molar-refractivity contribution in [2.24, 2.45) is 10.7 Å². The summed E-state index contributed by atoms with van der Waals surface area (Å²) in [5.74, 6) is 5.76. The predicted molar refractivity (Wildman–Crippen MR) is 38.3 cm³/mol. The summed E-state index contributed by atoms with van der Waals surface area (Å²) in [6, 6.07) is 0.0664. The molecule has 0 aromatic rings. The Morgan fingerprint density at radius 3 is 3.44 bits per heavy atom. The molecule has 2 N–H and O–H groups in total. The summed E-state index contributed by atoms with van der Waals surface area (Å²) in [4.78, 5) is 4.01. The van der Waals surface area contributed by atoms with E-state index in [9.17, 15) is 0 Å². The fraction of sp³-hybridized carbons (Fsp3) is 0.571.